The Kier molecular flexibility index (Phi) is 5.71. The predicted octanol–water partition coefficient (Wildman–Crippen LogP) is 3.58. The molecule has 2 rings (SSSR count). The average Bonchev–Trinajstić information content (AvgIpc) is 2.43. The van der Waals surface area contributed by atoms with Crippen LogP contribution in [0, 0.1) is 5.82 Å². The number of rotatable bonds is 6. The minimum atomic E-state index is -0.227. The van der Waals surface area contributed by atoms with Gasteiger partial charge in [0, 0.05) is 29.7 Å². The van der Waals surface area contributed by atoms with Crippen LogP contribution in [-0.2, 0) is 13.1 Å². The summed E-state index contributed by atoms with van der Waals surface area (Å²) in [6, 6.07) is 15.1. The maximum absolute atomic E-state index is 13.9. The van der Waals surface area contributed by atoms with Gasteiger partial charge in [0.1, 0.15) is 5.82 Å². The second-order valence-electron chi connectivity index (χ2n) is 4.66. The second-order valence-corrected chi connectivity index (χ2v) is 5.57. The Labute approximate surface area is 127 Å². The summed E-state index contributed by atoms with van der Waals surface area (Å²) in [5, 5.41) is 9.16. The van der Waals surface area contributed by atoms with Gasteiger partial charge in [-0.15, -0.1) is 0 Å². The van der Waals surface area contributed by atoms with E-state index in [1.807, 2.05) is 41.3 Å². The molecule has 0 saturated heterocycles. The van der Waals surface area contributed by atoms with Crippen LogP contribution in [0.1, 0.15) is 11.1 Å². The van der Waals surface area contributed by atoms with Gasteiger partial charge in [0.05, 0.1) is 6.61 Å². The van der Waals surface area contributed by atoms with Gasteiger partial charge >= 0.3 is 0 Å². The molecule has 2 aromatic rings. The van der Waals surface area contributed by atoms with E-state index in [2.05, 4.69) is 15.9 Å². The number of hydrogen-bond acceptors (Lipinski definition) is 2. The summed E-state index contributed by atoms with van der Waals surface area (Å²) in [6.45, 7) is 1.75. The fraction of sp³-hybridized carbons (Fsp3) is 0.250. The zero-order chi connectivity index (χ0) is 14.4. The SMILES string of the molecule is OCCN(Cc1ccccc1)Cc1ccc(Br)cc1F. The number of nitrogens with zero attached hydrogens (tertiary/aromatic N) is 1. The van der Waals surface area contributed by atoms with E-state index in [1.54, 1.807) is 6.07 Å². The molecule has 0 saturated carbocycles. The first-order valence-corrected chi connectivity index (χ1v) is 7.29. The largest absolute Gasteiger partial charge is 0.395 e. The van der Waals surface area contributed by atoms with Crippen molar-refractivity contribution < 1.29 is 9.50 Å². The molecule has 0 aliphatic rings. The maximum Gasteiger partial charge on any atom is 0.128 e. The van der Waals surface area contributed by atoms with Crippen LogP contribution in [-0.4, -0.2) is 23.2 Å². The van der Waals surface area contributed by atoms with Gasteiger partial charge in [0.2, 0.25) is 0 Å². The first-order valence-electron chi connectivity index (χ1n) is 6.50. The Morgan fingerprint density at radius 3 is 2.45 bits per heavy atom. The topological polar surface area (TPSA) is 23.5 Å². The minimum absolute atomic E-state index is 0.0605. The zero-order valence-electron chi connectivity index (χ0n) is 11.1. The van der Waals surface area contributed by atoms with E-state index in [0.717, 1.165) is 10.0 Å². The molecule has 0 heterocycles. The maximum atomic E-state index is 13.9. The molecule has 20 heavy (non-hydrogen) atoms. The van der Waals surface area contributed by atoms with Crippen molar-refractivity contribution in [3.8, 4) is 0 Å². The first-order chi connectivity index (χ1) is 9.69. The van der Waals surface area contributed by atoms with Crippen LogP contribution in [0.5, 0.6) is 0 Å². The van der Waals surface area contributed by atoms with Crippen LogP contribution < -0.4 is 0 Å². The standard InChI is InChI=1S/C16H17BrFNO/c17-15-7-6-14(16(18)10-15)12-19(8-9-20)11-13-4-2-1-3-5-13/h1-7,10,20H,8-9,11-12H2. The van der Waals surface area contributed by atoms with Crippen molar-refractivity contribution in [3.63, 3.8) is 0 Å². The lowest BCUT2D eigenvalue weighted by Crippen LogP contribution is -2.26. The number of aliphatic hydroxyl groups is 1. The summed E-state index contributed by atoms with van der Waals surface area (Å²) in [5.41, 5.74) is 1.79. The number of halogens is 2. The van der Waals surface area contributed by atoms with Gasteiger partial charge in [-0.2, -0.15) is 0 Å². The predicted molar refractivity (Wildman–Crippen MR) is 81.7 cm³/mol. The van der Waals surface area contributed by atoms with Crippen molar-refractivity contribution >= 4 is 15.9 Å². The summed E-state index contributed by atoms with van der Waals surface area (Å²) in [4.78, 5) is 2.03. The number of aliphatic hydroxyl groups excluding tert-OH is 1. The third-order valence-corrected chi connectivity index (χ3v) is 3.57. The Morgan fingerprint density at radius 2 is 1.80 bits per heavy atom. The van der Waals surface area contributed by atoms with E-state index in [9.17, 15) is 4.39 Å². The third kappa shape index (κ3) is 4.40. The molecule has 2 aromatic carbocycles. The molecular formula is C16H17BrFNO. The molecule has 0 radical (unpaired) electrons. The van der Waals surface area contributed by atoms with E-state index in [4.69, 9.17) is 5.11 Å². The van der Waals surface area contributed by atoms with Gasteiger partial charge in [-0.1, -0.05) is 52.3 Å². The van der Waals surface area contributed by atoms with E-state index in [0.29, 0.717) is 25.2 Å². The number of hydrogen-bond donors (Lipinski definition) is 1. The lowest BCUT2D eigenvalue weighted by atomic mass is 10.1. The fourth-order valence-electron chi connectivity index (χ4n) is 2.09. The Hall–Kier alpha value is -1.23. The van der Waals surface area contributed by atoms with Gasteiger partial charge < -0.3 is 5.11 Å². The number of benzene rings is 2. The molecule has 0 aromatic heterocycles. The molecule has 0 atom stereocenters. The quantitative estimate of drug-likeness (QED) is 0.870. The van der Waals surface area contributed by atoms with Crippen molar-refractivity contribution in [3.05, 3.63) is 69.9 Å². The zero-order valence-corrected chi connectivity index (χ0v) is 12.7. The van der Waals surface area contributed by atoms with Gasteiger partial charge in [0.15, 0.2) is 0 Å². The highest BCUT2D eigenvalue weighted by atomic mass is 79.9. The van der Waals surface area contributed by atoms with E-state index >= 15 is 0 Å². The van der Waals surface area contributed by atoms with Crippen LogP contribution in [0.4, 0.5) is 4.39 Å². The smallest absolute Gasteiger partial charge is 0.128 e. The lowest BCUT2D eigenvalue weighted by Gasteiger charge is -2.21. The van der Waals surface area contributed by atoms with Crippen molar-refractivity contribution in [1.82, 2.24) is 4.90 Å². The van der Waals surface area contributed by atoms with E-state index in [1.165, 1.54) is 6.07 Å². The molecule has 4 heteroatoms. The average molecular weight is 338 g/mol. The molecule has 0 aliphatic carbocycles. The molecule has 0 spiro atoms. The summed E-state index contributed by atoms with van der Waals surface area (Å²) in [7, 11) is 0. The van der Waals surface area contributed by atoms with Crippen molar-refractivity contribution in [2.75, 3.05) is 13.2 Å². The highest BCUT2D eigenvalue weighted by Gasteiger charge is 2.10. The molecule has 0 aliphatic heterocycles. The highest BCUT2D eigenvalue weighted by molar-refractivity contribution is 9.10. The monoisotopic (exact) mass is 337 g/mol. The van der Waals surface area contributed by atoms with E-state index < -0.39 is 0 Å². The lowest BCUT2D eigenvalue weighted by molar-refractivity contribution is 0.183. The Bertz CT molecular complexity index is 547. The van der Waals surface area contributed by atoms with Crippen molar-refractivity contribution in [2.24, 2.45) is 0 Å². The summed E-state index contributed by atoms with van der Waals surface area (Å²) >= 11 is 3.25. The summed E-state index contributed by atoms with van der Waals surface area (Å²) < 4.78 is 14.6. The molecule has 106 valence electrons. The molecule has 0 fully saturated rings. The fourth-order valence-corrected chi connectivity index (χ4v) is 2.42. The van der Waals surface area contributed by atoms with Crippen LogP contribution in [0.25, 0.3) is 0 Å². The molecule has 1 N–H and O–H groups in total. The van der Waals surface area contributed by atoms with Crippen LogP contribution >= 0.6 is 15.9 Å². The molecular weight excluding hydrogens is 321 g/mol. The third-order valence-electron chi connectivity index (χ3n) is 3.07. The van der Waals surface area contributed by atoms with Gasteiger partial charge in [-0.3, -0.25) is 4.90 Å². The highest BCUT2D eigenvalue weighted by Crippen LogP contribution is 2.17. The van der Waals surface area contributed by atoms with E-state index in [-0.39, 0.29) is 12.4 Å². The first kappa shape index (κ1) is 15.2. The van der Waals surface area contributed by atoms with Gasteiger partial charge in [0.25, 0.3) is 0 Å². The van der Waals surface area contributed by atoms with Crippen LogP contribution in [0.2, 0.25) is 0 Å². The summed E-state index contributed by atoms with van der Waals surface area (Å²) in [6.07, 6.45) is 0. The van der Waals surface area contributed by atoms with Crippen molar-refractivity contribution in [2.45, 2.75) is 13.1 Å². The second kappa shape index (κ2) is 7.53. The van der Waals surface area contributed by atoms with Gasteiger partial charge in [-0.25, -0.2) is 4.39 Å². The van der Waals surface area contributed by atoms with Gasteiger partial charge in [-0.05, 0) is 17.7 Å². The molecule has 0 unspecified atom stereocenters. The molecule has 0 amide bonds. The van der Waals surface area contributed by atoms with Crippen molar-refractivity contribution in [1.29, 1.82) is 0 Å². The Morgan fingerprint density at radius 1 is 1.05 bits per heavy atom. The van der Waals surface area contributed by atoms with Crippen LogP contribution in [0.15, 0.2) is 53.0 Å². The minimum Gasteiger partial charge on any atom is -0.395 e. The summed E-state index contributed by atoms with van der Waals surface area (Å²) in [5.74, 6) is -0.227. The van der Waals surface area contributed by atoms with Crippen LogP contribution in [0.3, 0.4) is 0 Å². The molecule has 2 nitrogen and oxygen atoms in total. The molecule has 0 bridgehead atoms. The Balaban J connectivity index is 2.09. The normalized spacial score (nSPS) is 11.0.